The van der Waals surface area contributed by atoms with Gasteiger partial charge >= 0.3 is 5.84 Å². The number of amidine groups is 1. The van der Waals surface area contributed by atoms with Crippen molar-refractivity contribution in [2.45, 2.75) is 45.7 Å². The molecule has 0 N–H and O–H groups in total. The third-order valence-electron chi connectivity index (χ3n) is 3.24. The van der Waals surface area contributed by atoms with E-state index < -0.39 is 11.1 Å². The Morgan fingerprint density at radius 2 is 1.86 bits per heavy atom. The van der Waals surface area contributed by atoms with E-state index in [1.165, 1.54) is 0 Å². The Morgan fingerprint density at radius 1 is 1.36 bits per heavy atom. The van der Waals surface area contributed by atoms with Crippen LogP contribution in [0, 0.1) is 5.21 Å². The van der Waals surface area contributed by atoms with Gasteiger partial charge in [-0.1, -0.05) is 11.1 Å². The Balaban J connectivity index is 3.26. The van der Waals surface area contributed by atoms with Gasteiger partial charge in [-0.3, -0.25) is 4.74 Å². The molecule has 14 heavy (non-hydrogen) atoms. The lowest BCUT2D eigenvalue weighted by molar-refractivity contribution is -0.539. The minimum Gasteiger partial charge on any atom is -0.714 e. The van der Waals surface area contributed by atoms with Gasteiger partial charge in [0.1, 0.15) is 5.54 Å². The molecule has 0 spiro atoms. The first-order valence-electron chi connectivity index (χ1n) is 4.71. The second-order valence-corrected chi connectivity index (χ2v) is 4.56. The van der Waals surface area contributed by atoms with Crippen molar-refractivity contribution in [2.75, 3.05) is 0 Å². The molecule has 0 aromatic heterocycles. The second kappa shape index (κ2) is 2.98. The van der Waals surface area contributed by atoms with E-state index in [1.807, 2.05) is 0 Å². The van der Waals surface area contributed by atoms with Crippen LogP contribution in [0.15, 0.2) is 12.2 Å². The summed E-state index contributed by atoms with van der Waals surface area (Å²) >= 11 is 0. The molecule has 1 radical (unpaired) electrons. The van der Waals surface area contributed by atoms with Gasteiger partial charge in [-0.2, -0.15) is 0 Å². The highest BCUT2D eigenvalue weighted by molar-refractivity contribution is 5.89. The van der Waals surface area contributed by atoms with Crippen molar-refractivity contribution in [1.29, 1.82) is 0 Å². The van der Waals surface area contributed by atoms with E-state index in [2.05, 4.69) is 0 Å². The molecule has 1 aliphatic rings. The van der Waals surface area contributed by atoms with Gasteiger partial charge < -0.3 is 5.21 Å². The number of nitrogens with zero attached hydrogens (tertiary/aromatic N) is 2. The van der Waals surface area contributed by atoms with E-state index >= 15 is 0 Å². The van der Waals surface area contributed by atoms with Crippen LogP contribution in [-0.4, -0.2) is 26.7 Å². The molecule has 1 heterocycles. The van der Waals surface area contributed by atoms with Crippen molar-refractivity contribution in [2.24, 2.45) is 0 Å². The van der Waals surface area contributed by atoms with Crippen LogP contribution in [0.3, 0.4) is 0 Å². The van der Waals surface area contributed by atoms with Crippen LogP contribution in [0.5, 0.6) is 0 Å². The molecule has 0 saturated carbocycles. The quantitative estimate of drug-likeness (QED) is 0.474. The summed E-state index contributed by atoms with van der Waals surface area (Å²) in [6, 6.07) is 0. The van der Waals surface area contributed by atoms with Crippen LogP contribution in [0.25, 0.3) is 0 Å². The minimum absolute atomic E-state index is 0.183. The number of hydrogen-bond donors (Lipinski definition) is 0. The maximum Gasteiger partial charge on any atom is 0.309 e. The fraction of sp³-hybridized carbons (Fsp3) is 0.700. The first-order chi connectivity index (χ1) is 6.26. The summed E-state index contributed by atoms with van der Waals surface area (Å²) in [7, 11) is 0. The third-order valence-corrected chi connectivity index (χ3v) is 3.24. The molecule has 0 amide bonds. The predicted octanol–water partition coefficient (Wildman–Crippen LogP) is 1.69. The zero-order valence-electron chi connectivity index (χ0n) is 9.37. The molecule has 0 aliphatic carbocycles. The van der Waals surface area contributed by atoms with Gasteiger partial charge in [0, 0.05) is 11.3 Å². The molecule has 0 fully saturated rings. The normalized spacial score (nSPS) is 25.1. The molecular formula is C10H17N2O2. The van der Waals surface area contributed by atoms with Crippen LogP contribution in [0.4, 0.5) is 0 Å². The van der Waals surface area contributed by atoms with E-state index in [4.69, 9.17) is 0 Å². The topological polar surface area (TPSA) is 49.2 Å². The molecule has 4 nitrogen and oxygen atoms in total. The number of hydrogen-bond acceptors (Lipinski definition) is 2. The molecule has 0 saturated heterocycles. The van der Waals surface area contributed by atoms with Crippen molar-refractivity contribution < 1.29 is 9.95 Å². The second-order valence-electron chi connectivity index (χ2n) is 4.56. The first-order valence-corrected chi connectivity index (χ1v) is 4.71. The average Bonchev–Trinajstić information content (AvgIpc) is 2.19. The molecule has 0 atom stereocenters. The molecule has 0 aromatic rings. The van der Waals surface area contributed by atoms with Gasteiger partial charge in [-0.25, -0.2) is 0 Å². The fourth-order valence-corrected chi connectivity index (χ4v) is 1.44. The summed E-state index contributed by atoms with van der Waals surface area (Å²) in [6.45, 7) is 8.90. The molecule has 1 rings (SSSR count). The van der Waals surface area contributed by atoms with E-state index in [-0.39, 0.29) is 5.84 Å². The minimum atomic E-state index is -0.705. The molecule has 0 aromatic carbocycles. The number of allylic oxidation sites excluding steroid dienone is 1. The molecule has 79 valence electrons. The number of hydroxylamine groups is 3. The smallest absolute Gasteiger partial charge is 0.309 e. The molecular weight excluding hydrogens is 180 g/mol. The standard InChI is InChI=1S/C10H17N2O2/c1-6-7-8-11(13)9(2,3)10(4,5)12(8)14/h6-7H,1-5H3/b7-6+. The summed E-state index contributed by atoms with van der Waals surface area (Å²) in [5.74, 6) is 0.183. The first kappa shape index (κ1) is 11.0. The van der Waals surface area contributed by atoms with E-state index in [9.17, 15) is 10.4 Å². The maximum atomic E-state index is 11.8. The van der Waals surface area contributed by atoms with Gasteiger partial charge in [0.25, 0.3) is 0 Å². The van der Waals surface area contributed by atoms with Crippen molar-refractivity contribution in [1.82, 2.24) is 5.06 Å². The van der Waals surface area contributed by atoms with Crippen molar-refractivity contribution >= 4 is 5.84 Å². The summed E-state index contributed by atoms with van der Waals surface area (Å²) in [5.41, 5.74) is -1.41. The van der Waals surface area contributed by atoms with E-state index in [0.29, 0.717) is 0 Å². The molecule has 4 heteroatoms. The zero-order valence-corrected chi connectivity index (χ0v) is 9.37. The lowest BCUT2D eigenvalue weighted by Crippen LogP contribution is -2.53. The van der Waals surface area contributed by atoms with Crippen molar-refractivity contribution in [3.8, 4) is 0 Å². The zero-order chi connectivity index (χ0) is 11.1. The maximum absolute atomic E-state index is 11.8. The van der Waals surface area contributed by atoms with E-state index in [0.717, 1.165) is 9.80 Å². The van der Waals surface area contributed by atoms with Crippen LogP contribution in [0.2, 0.25) is 0 Å². The summed E-state index contributed by atoms with van der Waals surface area (Å²) in [5, 5.41) is 24.5. The van der Waals surface area contributed by atoms with Crippen LogP contribution in [0.1, 0.15) is 34.6 Å². The summed E-state index contributed by atoms with van der Waals surface area (Å²) < 4.78 is 0.792. The highest BCUT2D eigenvalue weighted by Crippen LogP contribution is 2.35. The average molecular weight is 197 g/mol. The lowest BCUT2D eigenvalue weighted by atomic mass is 9.84. The predicted molar refractivity (Wildman–Crippen MR) is 54.1 cm³/mol. The molecule has 0 unspecified atom stereocenters. The highest BCUT2D eigenvalue weighted by atomic mass is 16.5. The van der Waals surface area contributed by atoms with Gasteiger partial charge in [0.15, 0.2) is 5.54 Å². The van der Waals surface area contributed by atoms with Gasteiger partial charge in [0.05, 0.1) is 0 Å². The van der Waals surface area contributed by atoms with Gasteiger partial charge in [-0.05, 0) is 34.6 Å². The van der Waals surface area contributed by atoms with Crippen LogP contribution < -0.4 is 0 Å². The van der Waals surface area contributed by atoms with Gasteiger partial charge in [-0.15, -0.1) is 0 Å². The Bertz CT molecular complexity index is 303. The Labute approximate surface area is 84.7 Å². The molecule has 1 aliphatic heterocycles. The highest BCUT2D eigenvalue weighted by Gasteiger charge is 2.58. The van der Waals surface area contributed by atoms with E-state index in [1.54, 1.807) is 46.8 Å². The summed E-state index contributed by atoms with van der Waals surface area (Å²) in [4.78, 5) is 0. The van der Waals surface area contributed by atoms with Crippen molar-refractivity contribution in [3.63, 3.8) is 0 Å². The van der Waals surface area contributed by atoms with Crippen molar-refractivity contribution in [3.05, 3.63) is 17.4 Å². The summed E-state index contributed by atoms with van der Waals surface area (Å²) in [6.07, 6.45) is 3.25. The Morgan fingerprint density at radius 3 is 2.14 bits per heavy atom. The SMILES string of the molecule is C/C=C/C1=[N+]([O-])C(C)(C)C(C)(C)N1[O]. The Kier molecular flexibility index (Phi) is 2.35. The molecule has 0 bridgehead atoms. The third kappa shape index (κ3) is 1.14. The van der Waals surface area contributed by atoms with Crippen LogP contribution >= 0.6 is 0 Å². The van der Waals surface area contributed by atoms with Crippen LogP contribution in [-0.2, 0) is 5.21 Å². The van der Waals surface area contributed by atoms with Gasteiger partial charge in [0.2, 0.25) is 0 Å². The largest absolute Gasteiger partial charge is 0.714 e. The lowest BCUT2D eigenvalue weighted by Gasteiger charge is -2.32. The number of rotatable bonds is 1. The monoisotopic (exact) mass is 197 g/mol. The Hall–Kier alpha value is -1.03. The fourth-order valence-electron chi connectivity index (χ4n) is 1.44.